The quantitative estimate of drug-likeness (QED) is 0.838. The Morgan fingerprint density at radius 2 is 1.73 bits per heavy atom. The third-order valence-corrected chi connectivity index (χ3v) is 5.02. The monoisotopic (exact) mass is 395 g/mol. The number of nitrogens with one attached hydrogen (secondary N) is 1. The molecule has 0 radical (unpaired) electrons. The van der Waals surface area contributed by atoms with E-state index in [4.69, 9.17) is 23.2 Å². The Kier molecular flexibility index (Phi) is 6.35. The van der Waals surface area contributed by atoms with Crippen molar-refractivity contribution in [2.75, 3.05) is 44.2 Å². The topological polar surface area (TPSA) is 35.6 Å². The molecule has 1 aliphatic heterocycles. The third-order valence-electron chi connectivity index (χ3n) is 4.45. The molecule has 4 nitrogen and oxygen atoms in total. The number of carbonyl (C=O) groups excluding carboxylic acids is 1. The standard InChI is InChI=1S/C19H20Cl2FN3O/c20-14-1-4-16(5-2-14)25-11-9-24(10-12-25)8-7-23-19(26)17-6-3-15(22)13-18(17)21/h1-6,13H,7-12H2,(H,23,26). The number of anilines is 1. The molecule has 0 saturated carbocycles. The lowest BCUT2D eigenvalue weighted by molar-refractivity contribution is 0.0948. The lowest BCUT2D eigenvalue weighted by Crippen LogP contribution is -2.48. The molecule has 1 aliphatic rings. The number of benzene rings is 2. The summed E-state index contributed by atoms with van der Waals surface area (Å²) in [6.45, 7) is 5.00. The van der Waals surface area contributed by atoms with Crippen LogP contribution in [0, 0.1) is 5.82 Å². The van der Waals surface area contributed by atoms with Crippen molar-refractivity contribution in [3.8, 4) is 0 Å². The Morgan fingerprint density at radius 1 is 1.04 bits per heavy atom. The number of rotatable bonds is 5. The predicted molar refractivity (Wildman–Crippen MR) is 104 cm³/mol. The fourth-order valence-electron chi connectivity index (χ4n) is 2.98. The van der Waals surface area contributed by atoms with Crippen LogP contribution < -0.4 is 10.2 Å². The molecular weight excluding hydrogens is 376 g/mol. The molecule has 26 heavy (non-hydrogen) atoms. The first kappa shape index (κ1) is 19.0. The van der Waals surface area contributed by atoms with Gasteiger partial charge in [0.2, 0.25) is 0 Å². The number of amides is 1. The highest BCUT2D eigenvalue weighted by Gasteiger charge is 2.17. The first-order valence-corrected chi connectivity index (χ1v) is 9.24. The van der Waals surface area contributed by atoms with Crippen molar-refractivity contribution in [3.63, 3.8) is 0 Å². The molecule has 1 N–H and O–H groups in total. The number of hydrogen-bond donors (Lipinski definition) is 1. The third kappa shape index (κ3) is 4.87. The van der Waals surface area contributed by atoms with Gasteiger partial charge in [0, 0.05) is 50.0 Å². The molecule has 0 aromatic heterocycles. The summed E-state index contributed by atoms with van der Waals surface area (Å²) < 4.78 is 13.0. The molecule has 7 heteroatoms. The van der Waals surface area contributed by atoms with Crippen molar-refractivity contribution in [1.82, 2.24) is 10.2 Å². The Bertz CT molecular complexity index is 762. The largest absolute Gasteiger partial charge is 0.369 e. The minimum absolute atomic E-state index is 0.124. The Balaban J connectivity index is 1.42. The van der Waals surface area contributed by atoms with Gasteiger partial charge >= 0.3 is 0 Å². The summed E-state index contributed by atoms with van der Waals surface area (Å²) >= 11 is 11.8. The summed E-state index contributed by atoms with van der Waals surface area (Å²) in [5.74, 6) is -0.736. The van der Waals surface area contributed by atoms with Crippen LogP contribution in [0.3, 0.4) is 0 Å². The van der Waals surface area contributed by atoms with E-state index in [1.165, 1.54) is 17.8 Å². The molecule has 1 amide bonds. The number of nitrogens with zero attached hydrogens (tertiary/aromatic N) is 2. The van der Waals surface area contributed by atoms with E-state index < -0.39 is 5.82 Å². The zero-order valence-corrected chi connectivity index (χ0v) is 15.7. The first-order valence-electron chi connectivity index (χ1n) is 8.49. The molecule has 0 atom stereocenters. The Morgan fingerprint density at radius 3 is 2.38 bits per heavy atom. The first-order chi connectivity index (χ1) is 12.5. The van der Waals surface area contributed by atoms with Gasteiger partial charge in [-0.1, -0.05) is 23.2 Å². The summed E-state index contributed by atoms with van der Waals surface area (Å²) in [6.07, 6.45) is 0. The van der Waals surface area contributed by atoms with Gasteiger partial charge < -0.3 is 10.2 Å². The van der Waals surface area contributed by atoms with E-state index in [1.807, 2.05) is 24.3 Å². The highest BCUT2D eigenvalue weighted by atomic mass is 35.5. The van der Waals surface area contributed by atoms with Crippen molar-refractivity contribution in [2.45, 2.75) is 0 Å². The van der Waals surface area contributed by atoms with Gasteiger partial charge in [0.1, 0.15) is 5.82 Å². The molecule has 1 heterocycles. The molecular formula is C19H20Cl2FN3O. The normalized spacial score (nSPS) is 15.1. The van der Waals surface area contributed by atoms with Crippen molar-refractivity contribution in [1.29, 1.82) is 0 Å². The SMILES string of the molecule is O=C(NCCN1CCN(c2ccc(Cl)cc2)CC1)c1ccc(F)cc1Cl. The molecule has 138 valence electrons. The zero-order valence-electron chi connectivity index (χ0n) is 14.2. The van der Waals surface area contributed by atoms with Gasteiger partial charge in [-0.2, -0.15) is 0 Å². The van der Waals surface area contributed by atoms with Gasteiger partial charge in [-0.3, -0.25) is 9.69 Å². The summed E-state index contributed by atoms with van der Waals surface area (Å²) in [5, 5.41) is 3.70. The molecule has 3 rings (SSSR count). The molecule has 0 aliphatic carbocycles. The second-order valence-corrected chi connectivity index (χ2v) is 7.03. The average Bonchev–Trinajstić information content (AvgIpc) is 2.63. The van der Waals surface area contributed by atoms with E-state index in [1.54, 1.807) is 0 Å². The fourth-order valence-corrected chi connectivity index (χ4v) is 3.36. The Hall–Kier alpha value is -1.82. The maximum Gasteiger partial charge on any atom is 0.252 e. The maximum absolute atomic E-state index is 13.0. The summed E-state index contributed by atoms with van der Waals surface area (Å²) in [4.78, 5) is 16.8. The average molecular weight is 396 g/mol. The van der Waals surface area contributed by atoms with Crippen LogP contribution in [-0.2, 0) is 0 Å². The van der Waals surface area contributed by atoms with E-state index in [9.17, 15) is 9.18 Å². The fraction of sp³-hybridized carbons (Fsp3) is 0.316. The second-order valence-electron chi connectivity index (χ2n) is 6.19. The summed E-state index contributed by atoms with van der Waals surface area (Å²) in [7, 11) is 0. The lowest BCUT2D eigenvalue weighted by Gasteiger charge is -2.36. The van der Waals surface area contributed by atoms with Gasteiger partial charge in [-0.25, -0.2) is 4.39 Å². The van der Waals surface area contributed by atoms with Gasteiger partial charge in [0.05, 0.1) is 10.6 Å². The van der Waals surface area contributed by atoms with Gasteiger partial charge in [-0.15, -0.1) is 0 Å². The molecule has 2 aromatic carbocycles. The predicted octanol–water partition coefficient (Wildman–Crippen LogP) is 3.68. The lowest BCUT2D eigenvalue weighted by atomic mass is 10.2. The highest BCUT2D eigenvalue weighted by molar-refractivity contribution is 6.33. The number of halogens is 3. The van der Waals surface area contributed by atoms with Crippen LogP contribution in [0.25, 0.3) is 0 Å². The van der Waals surface area contributed by atoms with Crippen LogP contribution in [0.1, 0.15) is 10.4 Å². The van der Waals surface area contributed by atoms with Gasteiger partial charge in [-0.05, 0) is 42.5 Å². The van der Waals surface area contributed by atoms with Crippen molar-refractivity contribution < 1.29 is 9.18 Å². The highest BCUT2D eigenvalue weighted by Crippen LogP contribution is 2.19. The van der Waals surface area contributed by atoms with Crippen LogP contribution in [0.2, 0.25) is 10.0 Å². The van der Waals surface area contributed by atoms with E-state index >= 15 is 0 Å². The molecule has 0 unspecified atom stereocenters. The van der Waals surface area contributed by atoms with Gasteiger partial charge in [0.25, 0.3) is 5.91 Å². The van der Waals surface area contributed by atoms with Crippen LogP contribution in [0.4, 0.5) is 10.1 Å². The van der Waals surface area contributed by atoms with E-state index in [0.717, 1.165) is 43.8 Å². The number of hydrogen-bond acceptors (Lipinski definition) is 3. The minimum atomic E-state index is -0.454. The van der Waals surface area contributed by atoms with Crippen LogP contribution >= 0.6 is 23.2 Å². The maximum atomic E-state index is 13.0. The smallest absolute Gasteiger partial charge is 0.252 e. The number of carbonyl (C=O) groups is 1. The Labute approximate surface area is 162 Å². The van der Waals surface area contributed by atoms with E-state index in [0.29, 0.717) is 12.1 Å². The molecule has 2 aromatic rings. The molecule has 1 fully saturated rings. The number of piperazine rings is 1. The molecule has 0 bridgehead atoms. The summed E-state index contributed by atoms with van der Waals surface area (Å²) in [5.41, 5.74) is 1.47. The van der Waals surface area contributed by atoms with Crippen molar-refractivity contribution in [2.24, 2.45) is 0 Å². The van der Waals surface area contributed by atoms with Crippen molar-refractivity contribution >= 4 is 34.8 Å². The minimum Gasteiger partial charge on any atom is -0.369 e. The van der Waals surface area contributed by atoms with E-state index in [-0.39, 0.29) is 10.9 Å². The van der Waals surface area contributed by atoms with Crippen LogP contribution in [0.5, 0.6) is 0 Å². The van der Waals surface area contributed by atoms with E-state index in [2.05, 4.69) is 15.1 Å². The van der Waals surface area contributed by atoms with Crippen LogP contribution in [0.15, 0.2) is 42.5 Å². The second kappa shape index (κ2) is 8.71. The molecule has 1 saturated heterocycles. The molecule has 0 spiro atoms. The van der Waals surface area contributed by atoms with Crippen LogP contribution in [-0.4, -0.2) is 50.1 Å². The van der Waals surface area contributed by atoms with Gasteiger partial charge in [0.15, 0.2) is 0 Å². The van der Waals surface area contributed by atoms with Crippen molar-refractivity contribution in [3.05, 3.63) is 63.9 Å². The zero-order chi connectivity index (χ0) is 18.5. The summed E-state index contributed by atoms with van der Waals surface area (Å²) in [6, 6.07) is 11.6.